The number of ether oxygens (including phenoxy) is 2. The first-order chi connectivity index (χ1) is 15.8. The van der Waals surface area contributed by atoms with E-state index in [0.717, 1.165) is 11.9 Å². The van der Waals surface area contributed by atoms with E-state index in [2.05, 4.69) is 29.7 Å². The van der Waals surface area contributed by atoms with Gasteiger partial charge in [0.05, 0.1) is 18.0 Å². The molecule has 0 spiro atoms. The smallest absolute Gasteiger partial charge is 0.264 e. The Morgan fingerprint density at radius 2 is 1.97 bits per heavy atom. The second-order valence-electron chi connectivity index (χ2n) is 6.99. The predicted molar refractivity (Wildman–Crippen MR) is 119 cm³/mol. The summed E-state index contributed by atoms with van der Waals surface area (Å²) in [6.07, 6.45) is 4.03. The van der Waals surface area contributed by atoms with Gasteiger partial charge in [-0.3, -0.25) is 14.3 Å². The van der Waals surface area contributed by atoms with Crippen molar-refractivity contribution in [3.8, 4) is 17.4 Å². The average Bonchev–Trinajstić information content (AvgIpc) is 3.18. The third-order valence-electron chi connectivity index (χ3n) is 4.37. The summed E-state index contributed by atoms with van der Waals surface area (Å²) in [4.78, 5) is 8.41. The zero-order valence-electron chi connectivity index (χ0n) is 17.7. The minimum atomic E-state index is -3.57. The number of benzene rings is 1. The second-order valence-corrected chi connectivity index (χ2v) is 8.64. The summed E-state index contributed by atoms with van der Waals surface area (Å²) < 4.78 is 52.5. The zero-order chi connectivity index (χ0) is 23.4. The summed E-state index contributed by atoms with van der Waals surface area (Å²) in [5.41, 5.74) is 1.88. The molecule has 0 unspecified atom stereocenters. The third kappa shape index (κ3) is 5.73. The highest BCUT2D eigenvalue weighted by Gasteiger charge is 2.15. The maximum atomic E-state index is 14.6. The first-order valence-corrected chi connectivity index (χ1v) is 11.6. The molecule has 0 aliphatic carbocycles. The molecule has 0 aliphatic rings. The SMILES string of the molecule is Cc1ccc(Oc2ccc(Nc3nccc4[nH]nc(OCCOS(C)(=O)=O)c34)cc2F)cn1. The number of fused-ring (bicyclic) bond motifs is 1. The lowest BCUT2D eigenvalue weighted by atomic mass is 10.2. The number of halogens is 1. The molecule has 0 saturated heterocycles. The number of nitrogens with one attached hydrogen (secondary N) is 2. The Hall–Kier alpha value is -3.77. The van der Waals surface area contributed by atoms with Crippen molar-refractivity contribution >= 4 is 32.5 Å². The van der Waals surface area contributed by atoms with Crippen molar-refractivity contribution in [3.05, 3.63) is 60.3 Å². The largest absolute Gasteiger partial charge is 0.474 e. The summed E-state index contributed by atoms with van der Waals surface area (Å²) in [5.74, 6) is 0.470. The van der Waals surface area contributed by atoms with Crippen LogP contribution in [0, 0.1) is 12.7 Å². The zero-order valence-corrected chi connectivity index (χ0v) is 18.5. The van der Waals surface area contributed by atoms with Crippen LogP contribution in [-0.4, -0.2) is 48.1 Å². The van der Waals surface area contributed by atoms with Gasteiger partial charge in [-0.1, -0.05) is 0 Å². The van der Waals surface area contributed by atoms with Crippen molar-refractivity contribution in [1.29, 1.82) is 0 Å². The topological polar surface area (TPSA) is 128 Å². The quantitative estimate of drug-likeness (QED) is 0.276. The Morgan fingerprint density at radius 3 is 2.70 bits per heavy atom. The fraction of sp³-hybridized carbons (Fsp3) is 0.190. The van der Waals surface area contributed by atoms with Crippen LogP contribution in [0.4, 0.5) is 15.9 Å². The molecule has 0 bridgehead atoms. The van der Waals surface area contributed by atoms with Gasteiger partial charge in [0.1, 0.15) is 30.2 Å². The van der Waals surface area contributed by atoms with Crippen molar-refractivity contribution in [2.75, 3.05) is 24.8 Å². The van der Waals surface area contributed by atoms with Crippen LogP contribution in [0.15, 0.2) is 48.8 Å². The van der Waals surface area contributed by atoms with E-state index >= 15 is 0 Å². The predicted octanol–water partition coefficient (Wildman–Crippen LogP) is 3.69. The van der Waals surface area contributed by atoms with Crippen LogP contribution in [0.1, 0.15) is 5.69 Å². The Labute approximate surface area is 188 Å². The first kappa shape index (κ1) is 22.4. The fourth-order valence-electron chi connectivity index (χ4n) is 2.90. The van der Waals surface area contributed by atoms with Gasteiger partial charge in [0.25, 0.3) is 10.1 Å². The fourth-order valence-corrected chi connectivity index (χ4v) is 3.27. The van der Waals surface area contributed by atoms with E-state index < -0.39 is 15.9 Å². The van der Waals surface area contributed by atoms with Gasteiger partial charge in [-0.15, -0.1) is 5.10 Å². The highest BCUT2D eigenvalue weighted by Crippen LogP contribution is 2.32. The minimum Gasteiger partial charge on any atom is -0.474 e. The Morgan fingerprint density at radius 1 is 1.12 bits per heavy atom. The van der Waals surface area contributed by atoms with Crippen LogP contribution in [0.25, 0.3) is 10.9 Å². The number of H-pyrrole nitrogens is 1. The number of aromatic amines is 1. The van der Waals surface area contributed by atoms with Crippen molar-refractivity contribution in [2.45, 2.75) is 6.92 Å². The van der Waals surface area contributed by atoms with Gasteiger partial charge in [-0.05, 0) is 37.3 Å². The van der Waals surface area contributed by atoms with E-state index in [1.807, 2.05) is 6.92 Å². The second kappa shape index (κ2) is 9.38. The molecule has 3 aromatic heterocycles. The van der Waals surface area contributed by atoms with Gasteiger partial charge in [0.15, 0.2) is 11.6 Å². The van der Waals surface area contributed by atoms with E-state index in [9.17, 15) is 12.8 Å². The normalized spacial score (nSPS) is 11.5. The first-order valence-electron chi connectivity index (χ1n) is 9.76. The molecule has 0 atom stereocenters. The maximum absolute atomic E-state index is 14.6. The summed E-state index contributed by atoms with van der Waals surface area (Å²) in [6, 6.07) is 9.58. The van der Waals surface area contributed by atoms with Crippen LogP contribution < -0.4 is 14.8 Å². The van der Waals surface area contributed by atoms with Gasteiger partial charge >= 0.3 is 0 Å². The Bertz CT molecular complexity index is 1380. The number of nitrogens with zero attached hydrogens (tertiary/aromatic N) is 3. The number of anilines is 2. The molecular weight excluding hydrogens is 453 g/mol. The number of pyridine rings is 2. The van der Waals surface area contributed by atoms with Crippen LogP contribution in [-0.2, 0) is 14.3 Å². The van der Waals surface area contributed by atoms with Crippen LogP contribution in [0.5, 0.6) is 17.4 Å². The van der Waals surface area contributed by atoms with Gasteiger partial charge < -0.3 is 14.8 Å². The molecule has 4 rings (SSSR count). The molecule has 2 N–H and O–H groups in total. The molecule has 172 valence electrons. The molecule has 0 aliphatic heterocycles. The molecule has 10 nitrogen and oxygen atoms in total. The van der Waals surface area contributed by atoms with E-state index in [1.165, 1.54) is 18.3 Å². The Kier molecular flexibility index (Phi) is 6.38. The molecule has 0 saturated carbocycles. The molecule has 0 fully saturated rings. The van der Waals surface area contributed by atoms with E-state index in [1.54, 1.807) is 30.5 Å². The molecular formula is C21H20FN5O5S. The van der Waals surface area contributed by atoms with Crippen molar-refractivity contribution < 1.29 is 26.5 Å². The summed E-state index contributed by atoms with van der Waals surface area (Å²) >= 11 is 0. The lowest BCUT2D eigenvalue weighted by molar-refractivity contribution is 0.218. The summed E-state index contributed by atoms with van der Waals surface area (Å²) in [7, 11) is -3.57. The van der Waals surface area contributed by atoms with Gasteiger partial charge in [-0.25, -0.2) is 9.37 Å². The monoisotopic (exact) mass is 473 g/mol. The van der Waals surface area contributed by atoms with E-state index in [-0.39, 0.29) is 24.8 Å². The van der Waals surface area contributed by atoms with Crippen LogP contribution in [0.3, 0.4) is 0 Å². The molecule has 1 aromatic carbocycles. The molecule has 3 heterocycles. The number of aryl methyl sites for hydroxylation is 1. The molecule has 12 heteroatoms. The molecule has 0 radical (unpaired) electrons. The maximum Gasteiger partial charge on any atom is 0.264 e. The van der Waals surface area contributed by atoms with E-state index in [0.29, 0.717) is 28.2 Å². The summed E-state index contributed by atoms with van der Waals surface area (Å²) in [6.45, 7) is 1.63. The lowest BCUT2D eigenvalue weighted by Crippen LogP contribution is -2.11. The third-order valence-corrected chi connectivity index (χ3v) is 4.96. The van der Waals surface area contributed by atoms with Crippen LogP contribution >= 0.6 is 0 Å². The van der Waals surface area contributed by atoms with Gasteiger partial charge in [-0.2, -0.15) is 8.42 Å². The number of hydrogen-bond donors (Lipinski definition) is 2. The molecule has 0 amide bonds. The standard InChI is InChI=1S/C21H20FN5O5S/c1-13-3-5-15(12-24-13)32-18-6-4-14(11-16(18)22)25-20-19-17(7-8-23-20)26-27-21(19)30-9-10-31-33(2,28)29/h3-8,11-12H,9-10H2,1-2H3,(H,23,25)(H,26,27). The number of rotatable bonds is 9. The van der Waals surface area contributed by atoms with Crippen molar-refractivity contribution in [3.63, 3.8) is 0 Å². The van der Waals surface area contributed by atoms with Gasteiger partial charge in [0.2, 0.25) is 5.88 Å². The summed E-state index contributed by atoms with van der Waals surface area (Å²) in [5, 5.41) is 10.5. The lowest BCUT2D eigenvalue weighted by Gasteiger charge is -2.11. The number of hydrogen-bond acceptors (Lipinski definition) is 9. The van der Waals surface area contributed by atoms with Crippen LogP contribution in [0.2, 0.25) is 0 Å². The number of aromatic nitrogens is 4. The average molecular weight is 473 g/mol. The Balaban J connectivity index is 1.50. The molecule has 4 aromatic rings. The van der Waals surface area contributed by atoms with Gasteiger partial charge in [0, 0.05) is 23.6 Å². The van der Waals surface area contributed by atoms with E-state index in [4.69, 9.17) is 9.47 Å². The van der Waals surface area contributed by atoms with Crippen molar-refractivity contribution in [1.82, 2.24) is 20.2 Å². The highest BCUT2D eigenvalue weighted by atomic mass is 32.2. The highest BCUT2D eigenvalue weighted by molar-refractivity contribution is 7.85. The van der Waals surface area contributed by atoms with Crippen molar-refractivity contribution in [2.24, 2.45) is 0 Å². The molecule has 33 heavy (non-hydrogen) atoms. The minimum absolute atomic E-state index is 0.0457.